The average Bonchev–Trinajstić information content (AvgIpc) is 2.25. The SMILES string of the molecule is CC(C)CC(N=Cc1ccccc1)C(N)=O. The minimum Gasteiger partial charge on any atom is -0.368 e. The van der Waals surface area contributed by atoms with Crippen LogP contribution in [-0.4, -0.2) is 18.2 Å². The van der Waals surface area contributed by atoms with E-state index in [4.69, 9.17) is 5.73 Å². The maximum atomic E-state index is 11.2. The molecule has 0 bridgehead atoms. The van der Waals surface area contributed by atoms with Crippen molar-refractivity contribution < 1.29 is 4.79 Å². The van der Waals surface area contributed by atoms with Gasteiger partial charge in [0.25, 0.3) is 0 Å². The molecule has 3 nitrogen and oxygen atoms in total. The first kappa shape index (κ1) is 12.4. The van der Waals surface area contributed by atoms with Crippen LogP contribution >= 0.6 is 0 Å². The van der Waals surface area contributed by atoms with Gasteiger partial charge in [-0.2, -0.15) is 0 Å². The predicted molar refractivity (Wildman–Crippen MR) is 66.5 cm³/mol. The summed E-state index contributed by atoms with van der Waals surface area (Å²) in [6, 6.07) is 9.28. The number of benzene rings is 1. The number of nitrogens with zero attached hydrogens (tertiary/aromatic N) is 1. The van der Waals surface area contributed by atoms with Gasteiger partial charge in [-0.05, 0) is 17.9 Å². The average molecular weight is 218 g/mol. The smallest absolute Gasteiger partial charge is 0.242 e. The van der Waals surface area contributed by atoms with Crippen molar-refractivity contribution in [2.45, 2.75) is 26.3 Å². The highest BCUT2D eigenvalue weighted by Crippen LogP contribution is 2.08. The molecule has 1 aromatic rings. The van der Waals surface area contributed by atoms with Crippen LogP contribution in [-0.2, 0) is 4.79 Å². The molecule has 0 aliphatic rings. The molecule has 1 atom stereocenters. The first-order chi connectivity index (χ1) is 7.59. The number of rotatable bonds is 5. The Hall–Kier alpha value is -1.64. The molecule has 0 aliphatic carbocycles. The van der Waals surface area contributed by atoms with Crippen molar-refractivity contribution in [3.63, 3.8) is 0 Å². The van der Waals surface area contributed by atoms with Crippen molar-refractivity contribution in [1.82, 2.24) is 0 Å². The number of nitrogens with two attached hydrogens (primary N) is 1. The highest BCUT2D eigenvalue weighted by molar-refractivity contribution is 5.85. The number of hydrogen-bond acceptors (Lipinski definition) is 2. The van der Waals surface area contributed by atoms with E-state index in [1.807, 2.05) is 44.2 Å². The lowest BCUT2D eigenvalue weighted by Gasteiger charge is -2.10. The molecule has 86 valence electrons. The number of carbonyl (C=O) groups is 1. The fourth-order valence-electron chi connectivity index (χ4n) is 1.41. The summed E-state index contributed by atoms with van der Waals surface area (Å²) in [5.74, 6) is 0.0475. The van der Waals surface area contributed by atoms with E-state index in [-0.39, 0.29) is 5.91 Å². The van der Waals surface area contributed by atoms with Gasteiger partial charge in [0.2, 0.25) is 5.91 Å². The third-order valence-electron chi connectivity index (χ3n) is 2.23. The molecule has 0 aromatic heterocycles. The van der Waals surface area contributed by atoms with Crippen LogP contribution in [0.15, 0.2) is 35.3 Å². The van der Waals surface area contributed by atoms with Crippen LogP contribution in [0.5, 0.6) is 0 Å². The minimum atomic E-state index is -0.416. The number of primary amides is 1. The molecule has 0 saturated carbocycles. The Morgan fingerprint density at radius 1 is 1.38 bits per heavy atom. The van der Waals surface area contributed by atoms with Crippen molar-refractivity contribution >= 4 is 12.1 Å². The highest BCUT2D eigenvalue weighted by Gasteiger charge is 2.14. The van der Waals surface area contributed by atoms with E-state index in [9.17, 15) is 4.79 Å². The zero-order valence-electron chi connectivity index (χ0n) is 9.76. The zero-order chi connectivity index (χ0) is 12.0. The number of hydrogen-bond donors (Lipinski definition) is 1. The fourth-order valence-corrected chi connectivity index (χ4v) is 1.41. The first-order valence-corrected chi connectivity index (χ1v) is 5.47. The summed E-state index contributed by atoms with van der Waals surface area (Å²) >= 11 is 0. The quantitative estimate of drug-likeness (QED) is 0.755. The molecule has 1 amide bonds. The fraction of sp³-hybridized carbons (Fsp3) is 0.385. The van der Waals surface area contributed by atoms with E-state index < -0.39 is 6.04 Å². The summed E-state index contributed by atoms with van der Waals surface area (Å²) in [7, 11) is 0. The number of amides is 1. The maximum absolute atomic E-state index is 11.2. The van der Waals surface area contributed by atoms with Crippen LogP contribution in [0.4, 0.5) is 0 Å². The van der Waals surface area contributed by atoms with Gasteiger partial charge in [0.05, 0.1) is 0 Å². The van der Waals surface area contributed by atoms with Crippen LogP contribution in [0, 0.1) is 5.92 Å². The largest absolute Gasteiger partial charge is 0.368 e. The second-order valence-electron chi connectivity index (χ2n) is 4.24. The molecular formula is C13H18N2O. The summed E-state index contributed by atoms with van der Waals surface area (Å²) < 4.78 is 0. The summed E-state index contributed by atoms with van der Waals surface area (Å²) in [6.45, 7) is 4.10. The molecule has 0 spiro atoms. The Morgan fingerprint density at radius 3 is 2.50 bits per heavy atom. The molecule has 0 aliphatic heterocycles. The molecule has 2 N–H and O–H groups in total. The predicted octanol–water partition coefficient (Wildman–Crippen LogP) is 2.01. The molecule has 0 fully saturated rings. The Labute approximate surface area is 96.4 Å². The lowest BCUT2D eigenvalue weighted by Crippen LogP contribution is -2.28. The van der Waals surface area contributed by atoms with Gasteiger partial charge in [-0.25, -0.2) is 0 Å². The zero-order valence-corrected chi connectivity index (χ0v) is 9.76. The van der Waals surface area contributed by atoms with E-state index in [1.54, 1.807) is 6.21 Å². The molecular weight excluding hydrogens is 200 g/mol. The lowest BCUT2D eigenvalue weighted by molar-refractivity contribution is -0.119. The van der Waals surface area contributed by atoms with E-state index in [1.165, 1.54) is 0 Å². The van der Waals surface area contributed by atoms with Crippen LogP contribution in [0.1, 0.15) is 25.8 Å². The van der Waals surface area contributed by atoms with Crippen molar-refractivity contribution in [1.29, 1.82) is 0 Å². The molecule has 0 saturated heterocycles. The number of aliphatic imine (C=N–C) groups is 1. The molecule has 0 radical (unpaired) electrons. The number of carbonyl (C=O) groups excluding carboxylic acids is 1. The van der Waals surface area contributed by atoms with Crippen LogP contribution in [0.2, 0.25) is 0 Å². The topological polar surface area (TPSA) is 55.4 Å². The first-order valence-electron chi connectivity index (χ1n) is 5.47. The lowest BCUT2D eigenvalue weighted by atomic mass is 10.0. The second kappa shape index (κ2) is 6.05. The van der Waals surface area contributed by atoms with Gasteiger partial charge in [-0.15, -0.1) is 0 Å². The monoisotopic (exact) mass is 218 g/mol. The van der Waals surface area contributed by atoms with Gasteiger partial charge in [0.1, 0.15) is 6.04 Å². The third kappa shape index (κ3) is 4.26. The molecule has 1 aromatic carbocycles. The summed E-state index contributed by atoms with van der Waals surface area (Å²) in [6.07, 6.45) is 2.40. The molecule has 1 unspecified atom stereocenters. The van der Waals surface area contributed by atoms with E-state index in [2.05, 4.69) is 4.99 Å². The van der Waals surface area contributed by atoms with Crippen LogP contribution in [0.3, 0.4) is 0 Å². The van der Waals surface area contributed by atoms with Gasteiger partial charge >= 0.3 is 0 Å². The highest BCUT2D eigenvalue weighted by atomic mass is 16.1. The van der Waals surface area contributed by atoms with E-state index in [0.29, 0.717) is 12.3 Å². The minimum absolute atomic E-state index is 0.360. The summed E-state index contributed by atoms with van der Waals surface area (Å²) in [4.78, 5) is 15.4. The third-order valence-corrected chi connectivity index (χ3v) is 2.23. The van der Waals surface area contributed by atoms with Crippen molar-refractivity contribution in [2.24, 2.45) is 16.6 Å². The molecule has 16 heavy (non-hydrogen) atoms. The van der Waals surface area contributed by atoms with Gasteiger partial charge in [0, 0.05) is 6.21 Å². The van der Waals surface area contributed by atoms with Gasteiger partial charge < -0.3 is 5.73 Å². The normalized spacial score (nSPS) is 13.2. The summed E-state index contributed by atoms with van der Waals surface area (Å²) in [5.41, 5.74) is 6.28. The van der Waals surface area contributed by atoms with Gasteiger partial charge in [0.15, 0.2) is 0 Å². The maximum Gasteiger partial charge on any atom is 0.242 e. The van der Waals surface area contributed by atoms with Crippen molar-refractivity contribution in [3.8, 4) is 0 Å². The van der Waals surface area contributed by atoms with Crippen molar-refractivity contribution in [3.05, 3.63) is 35.9 Å². The Bertz CT molecular complexity index is 357. The molecule has 0 heterocycles. The Balaban J connectivity index is 2.68. The Kier molecular flexibility index (Phi) is 4.70. The van der Waals surface area contributed by atoms with E-state index >= 15 is 0 Å². The second-order valence-corrected chi connectivity index (χ2v) is 4.24. The van der Waals surface area contributed by atoms with Crippen LogP contribution in [0.25, 0.3) is 0 Å². The van der Waals surface area contributed by atoms with Gasteiger partial charge in [-0.3, -0.25) is 9.79 Å². The van der Waals surface area contributed by atoms with Crippen LogP contribution < -0.4 is 5.73 Å². The summed E-state index contributed by atoms with van der Waals surface area (Å²) in [5, 5.41) is 0. The molecule has 3 heteroatoms. The molecule has 1 rings (SSSR count). The van der Waals surface area contributed by atoms with Gasteiger partial charge in [-0.1, -0.05) is 44.2 Å². The Morgan fingerprint density at radius 2 is 2.00 bits per heavy atom. The standard InChI is InChI=1S/C13H18N2O/c1-10(2)8-12(13(14)16)15-9-11-6-4-3-5-7-11/h3-7,9-10,12H,8H2,1-2H3,(H2,14,16). The van der Waals surface area contributed by atoms with Crippen molar-refractivity contribution in [2.75, 3.05) is 0 Å². The van der Waals surface area contributed by atoms with E-state index in [0.717, 1.165) is 5.56 Å².